The van der Waals surface area contributed by atoms with Crippen LogP contribution in [0.4, 0.5) is 0 Å². The van der Waals surface area contributed by atoms with Crippen molar-refractivity contribution in [1.29, 1.82) is 0 Å². The molecule has 0 unspecified atom stereocenters. The highest BCUT2D eigenvalue weighted by atomic mass is 35.5. The van der Waals surface area contributed by atoms with Gasteiger partial charge in [-0.3, -0.25) is 4.79 Å². The van der Waals surface area contributed by atoms with E-state index in [4.69, 9.17) is 39.5 Å². The lowest BCUT2D eigenvalue weighted by molar-refractivity contribution is -0.126. The van der Waals surface area contributed by atoms with E-state index in [1.807, 2.05) is 83.8 Å². The molecular formula is C27H24Cl3NO2S. The van der Waals surface area contributed by atoms with Gasteiger partial charge in [0.15, 0.2) is 0 Å². The molecule has 176 valence electrons. The molecule has 0 radical (unpaired) electrons. The van der Waals surface area contributed by atoms with E-state index in [1.165, 1.54) is 0 Å². The topological polar surface area (TPSA) is 29.5 Å². The molecule has 0 atom stereocenters. The number of halogens is 3. The van der Waals surface area contributed by atoms with Crippen molar-refractivity contribution in [3.63, 3.8) is 0 Å². The highest BCUT2D eigenvalue weighted by molar-refractivity contribution is 8.04. The van der Waals surface area contributed by atoms with Gasteiger partial charge in [-0.05, 0) is 65.6 Å². The van der Waals surface area contributed by atoms with Crippen LogP contribution in [0.5, 0.6) is 0 Å². The number of carbonyl (C=O) groups is 1. The summed E-state index contributed by atoms with van der Waals surface area (Å²) in [7, 11) is 0. The monoisotopic (exact) mass is 531 g/mol. The molecule has 1 fully saturated rings. The van der Waals surface area contributed by atoms with Crippen LogP contribution in [0, 0.1) is 0 Å². The lowest BCUT2D eigenvalue weighted by atomic mass is 10.0. The molecule has 34 heavy (non-hydrogen) atoms. The molecule has 3 aromatic carbocycles. The molecule has 0 spiro atoms. The van der Waals surface area contributed by atoms with Gasteiger partial charge < -0.3 is 9.64 Å². The zero-order chi connectivity index (χ0) is 23.9. The smallest absolute Gasteiger partial charge is 0.260 e. The van der Waals surface area contributed by atoms with E-state index in [-0.39, 0.29) is 12.0 Å². The third kappa shape index (κ3) is 6.80. The third-order valence-corrected chi connectivity index (χ3v) is 7.23. The number of nitrogens with zero attached hydrogens (tertiary/aromatic N) is 1. The Bertz CT molecular complexity index is 1090. The van der Waals surface area contributed by atoms with E-state index in [9.17, 15) is 4.79 Å². The Morgan fingerprint density at radius 3 is 1.94 bits per heavy atom. The average Bonchev–Trinajstić information content (AvgIpc) is 2.84. The fourth-order valence-electron chi connectivity index (χ4n) is 3.73. The Kier molecular flexibility index (Phi) is 8.98. The lowest BCUT2D eigenvalue weighted by Crippen LogP contribution is -2.38. The molecule has 1 aliphatic heterocycles. The molecule has 1 heterocycles. The van der Waals surface area contributed by atoms with Gasteiger partial charge in [-0.25, -0.2) is 0 Å². The molecule has 1 saturated heterocycles. The SMILES string of the molecule is O=C1C(=Cc2ccc(Cl)cc2)SCCN1CCCOC(c1ccc(Cl)cc1)c1ccc(Cl)cc1. The highest BCUT2D eigenvalue weighted by Gasteiger charge is 2.23. The summed E-state index contributed by atoms with van der Waals surface area (Å²) in [5.41, 5.74) is 3.01. The van der Waals surface area contributed by atoms with Gasteiger partial charge in [0.2, 0.25) is 0 Å². The summed E-state index contributed by atoms with van der Waals surface area (Å²) < 4.78 is 6.30. The maximum Gasteiger partial charge on any atom is 0.260 e. The average molecular weight is 533 g/mol. The van der Waals surface area contributed by atoms with Crippen molar-refractivity contribution in [2.45, 2.75) is 12.5 Å². The molecule has 7 heteroatoms. The number of amides is 1. The van der Waals surface area contributed by atoms with Crippen LogP contribution in [0.2, 0.25) is 15.1 Å². The van der Waals surface area contributed by atoms with Gasteiger partial charge in [0, 0.05) is 40.5 Å². The minimum absolute atomic E-state index is 0.0677. The van der Waals surface area contributed by atoms with E-state index >= 15 is 0 Å². The van der Waals surface area contributed by atoms with E-state index in [0.717, 1.165) is 40.3 Å². The zero-order valence-electron chi connectivity index (χ0n) is 18.4. The predicted octanol–water partition coefficient (Wildman–Crippen LogP) is 7.76. The van der Waals surface area contributed by atoms with Gasteiger partial charge in [-0.2, -0.15) is 0 Å². The first kappa shape index (κ1) is 25.2. The van der Waals surface area contributed by atoms with Crippen LogP contribution >= 0.6 is 46.6 Å². The number of carbonyl (C=O) groups excluding carboxylic acids is 1. The van der Waals surface area contributed by atoms with Crippen molar-refractivity contribution in [2.75, 3.05) is 25.4 Å². The highest BCUT2D eigenvalue weighted by Crippen LogP contribution is 2.29. The van der Waals surface area contributed by atoms with Crippen molar-refractivity contribution < 1.29 is 9.53 Å². The first-order chi connectivity index (χ1) is 16.5. The van der Waals surface area contributed by atoms with Crippen LogP contribution in [-0.2, 0) is 9.53 Å². The van der Waals surface area contributed by atoms with Crippen molar-refractivity contribution in [2.24, 2.45) is 0 Å². The van der Waals surface area contributed by atoms with E-state index in [1.54, 1.807) is 11.8 Å². The Hall–Kier alpha value is -1.95. The van der Waals surface area contributed by atoms with E-state index in [2.05, 4.69) is 0 Å². The minimum Gasteiger partial charge on any atom is -0.369 e. The van der Waals surface area contributed by atoms with Crippen LogP contribution in [0.3, 0.4) is 0 Å². The van der Waals surface area contributed by atoms with Crippen molar-refractivity contribution >= 4 is 58.5 Å². The van der Waals surface area contributed by atoms with Crippen molar-refractivity contribution in [1.82, 2.24) is 4.90 Å². The van der Waals surface area contributed by atoms with Crippen LogP contribution < -0.4 is 0 Å². The summed E-state index contributed by atoms with van der Waals surface area (Å²) in [5.74, 6) is 0.947. The molecule has 4 rings (SSSR count). The second-order valence-corrected chi connectivity index (χ2v) is 10.4. The minimum atomic E-state index is -0.234. The number of benzene rings is 3. The maximum absolute atomic E-state index is 13.0. The standard InChI is InChI=1S/C27H24Cl3NO2S/c28-22-8-2-19(3-9-22)18-25-27(32)31(15-17-34-25)14-1-16-33-26(20-4-10-23(29)11-5-20)21-6-12-24(30)13-7-21/h2-13,18,26H,1,14-17H2. The molecule has 0 bridgehead atoms. The fraction of sp³-hybridized carbons (Fsp3) is 0.222. The molecule has 1 aliphatic rings. The van der Waals surface area contributed by atoms with Gasteiger partial charge in [0.25, 0.3) is 5.91 Å². The Balaban J connectivity index is 1.37. The van der Waals surface area contributed by atoms with Crippen molar-refractivity contribution in [3.8, 4) is 0 Å². The first-order valence-electron chi connectivity index (χ1n) is 11.0. The second kappa shape index (κ2) is 12.1. The van der Waals surface area contributed by atoms with E-state index in [0.29, 0.717) is 28.2 Å². The molecule has 1 amide bonds. The molecule has 3 nitrogen and oxygen atoms in total. The Morgan fingerprint density at radius 1 is 0.853 bits per heavy atom. The number of hydrogen-bond donors (Lipinski definition) is 0. The largest absolute Gasteiger partial charge is 0.369 e. The molecule has 0 N–H and O–H groups in total. The number of thioether (sulfide) groups is 1. The third-order valence-electron chi connectivity index (χ3n) is 5.49. The van der Waals surface area contributed by atoms with Crippen LogP contribution in [0.15, 0.2) is 77.7 Å². The van der Waals surface area contributed by atoms with Crippen LogP contribution in [-0.4, -0.2) is 36.3 Å². The number of rotatable bonds is 8. The maximum atomic E-state index is 13.0. The molecule has 0 aliphatic carbocycles. The van der Waals surface area contributed by atoms with Gasteiger partial charge >= 0.3 is 0 Å². The van der Waals surface area contributed by atoms with Gasteiger partial charge in [-0.1, -0.05) is 71.2 Å². The fourth-order valence-corrected chi connectivity index (χ4v) is 5.11. The summed E-state index contributed by atoms with van der Waals surface area (Å²) in [5, 5.41) is 2.05. The molecular weight excluding hydrogens is 509 g/mol. The van der Waals surface area contributed by atoms with Crippen LogP contribution in [0.25, 0.3) is 6.08 Å². The predicted molar refractivity (Wildman–Crippen MR) is 144 cm³/mol. The van der Waals surface area contributed by atoms with Gasteiger partial charge in [-0.15, -0.1) is 11.8 Å². The Morgan fingerprint density at radius 2 is 1.38 bits per heavy atom. The normalized spacial score (nSPS) is 15.4. The summed E-state index contributed by atoms with van der Waals surface area (Å²) >= 11 is 19.7. The summed E-state index contributed by atoms with van der Waals surface area (Å²) in [4.78, 5) is 15.6. The molecule has 3 aromatic rings. The van der Waals surface area contributed by atoms with Crippen LogP contribution in [0.1, 0.15) is 29.2 Å². The quantitative estimate of drug-likeness (QED) is 0.219. The number of ether oxygens (including phenoxy) is 1. The van der Waals surface area contributed by atoms with Crippen molar-refractivity contribution in [3.05, 3.63) is 109 Å². The first-order valence-corrected chi connectivity index (χ1v) is 13.1. The molecule has 0 aromatic heterocycles. The Labute approximate surface area is 219 Å². The number of hydrogen-bond acceptors (Lipinski definition) is 3. The summed E-state index contributed by atoms with van der Waals surface area (Å²) in [6, 6.07) is 22.8. The molecule has 0 saturated carbocycles. The van der Waals surface area contributed by atoms with E-state index < -0.39 is 0 Å². The summed E-state index contributed by atoms with van der Waals surface area (Å²) in [6.07, 6.45) is 2.44. The summed E-state index contributed by atoms with van der Waals surface area (Å²) in [6.45, 7) is 1.90. The second-order valence-electron chi connectivity index (χ2n) is 7.91. The van der Waals surface area contributed by atoms with Gasteiger partial charge in [0.1, 0.15) is 6.10 Å². The van der Waals surface area contributed by atoms with Gasteiger partial charge in [0.05, 0.1) is 4.91 Å². The lowest BCUT2D eigenvalue weighted by Gasteiger charge is -2.28. The zero-order valence-corrected chi connectivity index (χ0v) is 21.5.